The largest absolute Gasteiger partial charge is 0.364 e. The first-order valence-electron chi connectivity index (χ1n) is 11.0. The van der Waals surface area contributed by atoms with Gasteiger partial charge in [0.1, 0.15) is 0 Å². The lowest BCUT2D eigenvalue weighted by atomic mass is 9.88. The number of fused-ring (bicyclic) bond motifs is 1. The number of hydrogen-bond acceptors (Lipinski definition) is 4. The number of amides is 2. The van der Waals surface area contributed by atoms with Crippen molar-refractivity contribution in [2.24, 2.45) is 5.92 Å². The third-order valence-electron chi connectivity index (χ3n) is 6.22. The van der Waals surface area contributed by atoms with Crippen molar-refractivity contribution in [3.05, 3.63) is 65.7 Å². The van der Waals surface area contributed by atoms with Gasteiger partial charge in [0, 0.05) is 31.6 Å². The maximum Gasteiger partial charge on any atom is 0.267 e. The fourth-order valence-corrected chi connectivity index (χ4v) is 4.55. The Morgan fingerprint density at radius 2 is 1.68 bits per heavy atom. The molecular weight excluding hydrogens is 390 g/mol. The number of nitrogens with zero attached hydrogens (tertiary/aromatic N) is 2. The van der Waals surface area contributed by atoms with Gasteiger partial charge in [0.15, 0.2) is 0 Å². The van der Waals surface area contributed by atoms with Crippen molar-refractivity contribution in [1.82, 2.24) is 5.48 Å². The Bertz CT molecular complexity index is 949. The van der Waals surface area contributed by atoms with Crippen molar-refractivity contribution in [3.8, 4) is 0 Å². The van der Waals surface area contributed by atoms with E-state index in [4.69, 9.17) is 5.21 Å². The van der Waals surface area contributed by atoms with Crippen molar-refractivity contribution in [1.29, 1.82) is 0 Å². The zero-order valence-corrected chi connectivity index (χ0v) is 17.7. The molecule has 2 aliphatic rings. The highest BCUT2D eigenvalue weighted by Gasteiger charge is 2.31. The summed E-state index contributed by atoms with van der Waals surface area (Å²) in [6, 6.07) is 16.2. The number of carbonyl (C=O) groups is 2. The highest BCUT2D eigenvalue weighted by Crippen LogP contribution is 2.36. The van der Waals surface area contributed by atoms with E-state index in [1.165, 1.54) is 12.5 Å². The van der Waals surface area contributed by atoms with E-state index in [1.807, 2.05) is 41.3 Å². The molecule has 6 heteroatoms. The molecule has 162 valence electrons. The maximum absolute atomic E-state index is 13.2. The fourth-order valence-electron chi connectivity index (χ4n) is 4.55. The standard InChI is InChI=1S/C25H29N3O3/c29-24(26-31)15-14-19-10-12-20(13-11-19)18-27-16-17-28(23-9-5-4-8-22(23)27)25(30)21-6-2-1-3-7-21/h4-5,8-15,21,31H,1-3,6-7,16-18H2,(H,26,29)/b15-14+. The van der Waals surface area contributed by atoms with Crippen LogP contribution in [0.15, 0.2) is 54.6 Å². The summed E-state index contributed by atoms with van der Waals surface area (Å²) < 4.78 is 0. The summed E-state index contributed by atoms with van der Waals surface area (Å²) in [5, 5.41) is 8.57. The first-order valence-corrected chi connectivity index (χ1v) is 11.0. The normalized spacial score (nSPS) is 16.9. The second-order valence-corrected chi connectivity index (χ2v) is 8.29. The van der Waals surface area contributed by atoms with Gasteiger partial charge in [-0.05, 0) is 42.2 Å². The minimum atomic E-state index is -0.554. The topological polar surface area (TPSA) is 72.9 Å². The Hall–Kier alpha value is -3.12. The van der Waals surface area contributed by atoms with Crippen LogP contribution < -0.4 is 15.3 Å². The lowest BCUT2D eigenvalue weighted by molar-refractivity contribution is -0.124. The summed E-state index contributed by atoms with van der Waals surface area (Å²) in [7, 11) is 0. The molecule has 6 nitrogen and oxygen atoms in total. The van der Waals surface area contributed by atoms with Crippen LogP contribution in [0.2, 0.25) is 0 Å². The van der Waals surface area contributed by atoms with Crippen LogP contribution in [0.1, 0.15) is 43.2 Å². The number of hydrogen-bond donors (Lipinski definition) is 2. The average Bonchev–Trinajstić information content (AvgIpc) is 2.83. The van der Waals surface area contributed by atoms with E-state index in [-0.39, 0.29) is 11.8 Å². The Balaban J connectivity index is 1.47. The van der Waals surface area contributed by atoms with E-state index in [1.54, 1.807) is 11.6 Å². The van der Waals surface area contributed by atoms with Gasteiger partial charge in [0.25, 0.3) is 5.91 Å². The third kappa shape index (κ3) is 4.97. The molecule has 2 aromatic rings. The Kier molecular flexibility index (Phi) is 6.67. The molecule has 0 spiro atoms. The number of anilines is 2. The van der Waals surface area contributed by atoms with E-state index in [9.17, 15) is 9.59 Å². The van der Waals surface area contributed by atoms with Crippen LogP contribution in [0.3, 0.4) is 0 Å². The predicted octanol–water partition coefficient (Wildman–Crippen LogP) is 4.14. The summed E-state index contributed by atoms with van der Waals surface area (Å²) >= 11 is 0. The monoisotopic (exact) mass is 419 g/mol. The molecule has 2 amide bonds. The lowest BCUT2D eigenvalue weighted by Gasteiger charge is -2.39. The molecule has 1 heterocycles. The van der Waals surface area contributed by atoms with Gasteiger partial charge in [-0.3, -0.25) is 14.8 Å². The Labute approximate surface area is 183 Å². The van der Waals surface area contributed by atoms with Gasteiger partial charge in [-0.2, -0.15) is 0 Å². The van der Waals surface area contributed by atoms with Crippen LogP contribution in [0, 0.1) is 5.92 Å². The second-order valence-electron chi connectivity index (χ2n) is 8.29. The maximum atomic E-state index is 13.2. The van der Waals surface area contributed by atoms with E-state index >= 15 is 0 Å². The van der Waals surface area contributed by atoms with Crippen molar-refractivity contribution in [2.45, 2.75) is 38.6 Å². The first-order chi connectivity index (χ1) is 15.2. The third-order valence-corrected chi connectivity index (χ3v) is 6.22. The molecule has 1 saturated carbocycles. The Morgan fingerprint density at radius 3 is 2.39 bits per heavy atom. The zero-order valence-electron chi connectivity index (χ0n) is 17.7. The van der Waals surface area contributed by atoms with Gasteiger partial charge in [0.05, 0.1) is 11.4 Å². The SMILES string of the molecule is O=C(/C=C/c1ccc(CN2CCN(C(=O)C3CCCCC3)c3ccccc32)cc1)NO. The molecule has 0 radical (unpaired) electrons. The smallest absolute Gasteiger partial charge is 0.267 e. The number of rotatable bonds is 5. The molecule has 0 saturated heterocycles. The van der Waals surface area contributed by atoms with Gasteiger partial charge in [-0.25, -0.2) is 5.48 Å². The predicted molar refractivity (Wildman–Crippen MR) is 122 cm³/mol. The van der Waals surface area contributed by atoms with Gasteiger partial charge < -0.3 is 9.80 Å². The van der Waals surface area contributed by atoms with Gasteiger partial charge in [-0.15, -0.1) is 0 Å². The summed E-state index contributed by atoms with van der Waals surface area (Å²) in [5.74, 6) is -0.0990. The van der Waals surface area contributed by atoms with Crippen molar-refractivity contribution < 1.29 is 14.8 Å². The van der Waals surface area contributed by atoms with E-state index in [2.05, 4.69) is 17.0 Å². The number of para-hydroxylation sites is 2. The van der Waals surface area contributed by atoms with E-state index in [0.717, 1.165) is 61.3 Å². The number of hydroxylamine groups is 1. The Morgan fingerprint density at radius 1 is 0.968 bits per heavy atom. The second kappa shape index (κ2) is 9.79. The highest BCUT2D eigenvalue weighted by atomic mass is 16.5. The van der Waals surface area contributed by atoms with Crippen LogP contribution in [-0.4, -0.2) is 30.1 Å². The van der Waals surface area contributed by atoms with Crippen LogP contribution in [0.25, 0.3) is 6.08 Å². The molecule has 1 aliphatic carbocycles. The summed E-state index contributed by atoms with van der Waals surface area (Å²) in [5.41, 5.74) is 5.74. The first kappa shape index (κ1) is 21.1. The molecule has 0 atom stereocenters. The molecule has 0 unspecified atom stereocenters. The van der Waals surface area contributed by atoms with Crippen LogP contribution in [0.5, 0.6) is 0 Å². The van der Waals surface area contributed by atoms with E-state index < -0.39 is 5.91 Å². The van der Waals surface area contributed by atoms with Crippen molar-refractivity contribution >= 4 is 29.3 Å². The van der Waals surface area contributed by atoms with Crippen LogP contribution >= 0.6 is 0 Å². The van der Waals surface area contributed by atoms with Gasteiger partial charge in [0.2, 0.25) is 5.91 Å². The molecule has 0 bridgehead atoms. The summed E-state index contributed by atoms with van der Waals surface area (Å²) in [4.78, 5) is 28.7. The molecule has 0 aromatic heterocycles. The van der Waals surface area contributed by atoms with Crippen LogP contribution in [0.4, 0.5) is 11.4 Å². The summed E-state index contributed by atoms with van der Waals surface area (Å²) in [6.45, 7) is 2.26. The number of benzene rings is 2. The molecule has 1 fully saturated rings. The molecule has 2 N–H and O–H groups in total. The molecule has 31 heavy (non-hydrogen) atoms. The lowest BCUT2D eigenvalue weighted by Crippen LogP contribution is -2.46. The summed E-state index contributed by atoms with van der Waals surface area (Å²) in [6.07, 6.45) is 8.54. The van der Waals surface area contributed by atoms with Crippen molar-refractivity contribution in [2.75, 3.05) is 22.9 Å². The minimum absolute atomic E-state index is 0.168. The molecule has 4 rings (SSSR count). The molecular formula is C25H29N3O3. The highest BCUT2D eigenvalue weighted by molar-refractivity contribution is 5.99. The zero-order chi connectivity index (χ0) is 21.6. The molecule has 2 aromatic carbocycles. The van der Waals surface area contributed by atoms with Crippen molar-refractivity contribution in [3.63, 3.8) is 0 Å². The average molecular weight is 420 g/mol. The number of carbonyl (C=O) groups excluding carboxylic acids is 2. The quantitative estimate of drug-likeness (QED) is 0.434. The van der Waals surface area contributed by atoms with Gasteiger partial charge >= 0.3 is 0 Å². The number of nitrogens with one attached hydrogen (secondary N) is 1. The minimum Gasteiger partial charge on any atom is -0.364 e. The van der Waals surface area contributed by atoms with E-state index in [0.29, 0.717) is 6.54 Å². The molecule has 1 aliphatic heterocycles. The fraction of sp³-hybridized carbons (Fsp3) is 0.360. The van der Waals surface area contributed by atoms with Gasteiger partial charge in [-0.1, -0.05) is 55.7 Å². The van der Waals surface area contributed by atoms with Crippen LogP contribution in [-0.2, 0) is 16.1 Å².